The smallest absolute Gasteiger partial charge is 0.338 e. The number of hydrogen-bond donors (Lipinski definition) is 0. The minimum Gasteiger partial charge on any atom is -0.462 e. The van der Waals surface area contributed by atoms with Crippen LogP contribution >= 0.6 is 11.8 Å². The fraction of sp³-hybridized carbons (Fsp3) is 0.192. The minimum absolute atomic E-state index is 0.134. The van der Waals surface area contributed by atoms with E-state index in [1.165, 1.54) is 18.2 Å². The third kappa shape index (κ3) is 5.28. The van der Waals surface area contributed by atoms with Crippen LogP contribution in [0.25, 0.3) is 17.4 Å². The zero-order valence-corrected chi connectivity index (χ0v) is 19.3. The summed E-state index contributed by atoms with van der Waals surface area (Å²) in [7, 11) is 0. The summed E-state index contributed by atoms with van der Waals surface area (Å²) in [5.41, 5.74) is 1.47. The Morgan fingerprint density at radius 1 is 1.09 bits per heavy atom. The zero-order valence-electron chi connectivity index (χ0n) is 18.5. The second-order valence-electron chi connectivity index (χ2n) is 7.63. The SMILES string of the molecule is CCCCOC(=O)c1ccc(-c2ccc(/C=C3/SC(=O)N(Cc4ccccc4F)C3=O)o2)cc1. The van der Waals surface area contributed by atoms with Crippen LogP contribution in [0.5, 0.6) is 0 Å². The van der Waals surface area contributed by atoms with Gasteiger partial charge in [0.25, 0.3) is 11.1 Å². The first kappa shape index (κ1) is 23.5. The van der Waals surface area contributed by atoms with Gasteiger partial charge in [-0.2, -0.15) is 0 Å². The van der Waals surface area contributed by atoms with Crippen LogP contribution < -0.4 is 0 Å². The first-order valence-corrected chi connectivity index (χ1v) is 11.6. The van der Waals surface area contributed by atoms with Crippen LogP contribution in [0, 0.1) is 5.82 Å². The Hall–Kier alpha value is -3.65. The summed E-state index contributed by atoms with van der Waals surface area (Å²) in [6.45, 7) is 2.28. The molecule has 0 N–H and O–H groups in total. The van der Waals surface area contributed by atoms with Gasteiger partial charge in [-0.3, -0.25) is 14.5 Å². The Bertz CT molecular complexity index is 1250. The van der Waals surface area contributed by atoms with Crippen LogP contribution in [0.15, 0.2) is 70.0 Å². The number of furan rings is 1. The normalized spacial score (nSPS) is 14.8. The minimum atomic E-state index is -0.498. The van der Waals surface area contributed by atoms with Crippen molar-refractivity contribution in [3.63, 3.8) is 0 Å². The van der Waals surface area contributed by atoms with Gasteiger partial charge < -0.3 is 9.15 Å². The number of amides is 2. The molecule has 0 atom stereocenters. The van der Waals surface area contributed by atoms with Crippen molar-refractivity contribution in [1.29, 1.82) is 0 Å². The second-order valence-corrected chi connectivity index (χ2v) is 8.62. The van der Waals surface area contributed by atoms with E-state index >= 15 is 0 Å². The number of carbonyl (C=O) groups excluding carboxylic acids is 3. The molecule has 3 aromatic rings. The van der Waals surface area contributed by atoms with Gasteiger partial charge in [-0.1, -0.05) is 43.7 Å². The van der Waals surface area contributed by atoms with Crippen LogP contribution in [-0.2, 0) is 16.1 Å². The fourth-order valence-corrected chi connectivity index (χ4v) is 4.13. The predicted molar refractivity (Wildman–Crippen MR) is 127 cm³/mol. The quantitative estimate of drug-likeness (QED) is 0.215. The molecule has 1 aliphatic rings. The maximum absolute atomic E-state index is 13.9. The molecule has 0 bridgehead atoms. The molecule has 0 radical (unpaired) electrons. The second kappa shape index (κ2) is 10.5. The van der Waals surface area contributed by atoms with E-state index in [1.807, 2.05) is 6.92 Å². The average Bonchev–Trinajstić information content (AvgIpc) is 3.41. The molecule has 4 rings (SSSR count). The van der Waals surface area contributed by atoms with Crippen molar-refractivity contribution in [2.75, 3.05) is 6.61 Å². The van der Waals surface area contributed by atoms with E-state index in [1.54, 1.807) is 48.5 Å². The molecule has 2 aromatic carbocycles. The molecule has 2 heterocycles. The third-order valence-electron chi connectivity index (χ3n) is 5.20. The van der Waals surface area contributed by atoms with Gasteiger partial charge in [0.05, 0.1) is 23.6 Å². The number of halogens is 1. The molecule has 0 spiro atoms. The Labute approximate surface area is 200 Å². The van der Waals surface area contributed by atoms with E-state index in [4.69, 9.17) is 9.15 Å². The highest BCUT2D eigenvalue weighted by Crippen LogP contribution is 2.34. The van der Waals surface area contributed by atoms with E-state index in [0.717, 1.165) is 35.1 Å². The first-order valence-electron chi connectivity index (χ1n) is 10.8. The van der Waals surface area contributed by atoms with Crippen LogP contribution in [0.2, 0.25) is 0 Å². The number of carbonyl (C=O) groups is 3. The number of esters is 1. The highest BCUT2D eigenvalue weighted by molar-refractivity contribution is 8.18. The lowest BCUT2D eigenvalue weighted by atomic mass is 10.1. The van der Waals surface area contributed by atoms with Crippen LogP contribution in [0.4, 0.5) is 9.18 Å². The number of nitrogens with zero attached hydrogens (tertiary/aromatic N) is 1. The molecule has 0 aliphatic carbocycles. The van der Waals surface area contributed by atoms with Crippen molar-refractivity contribution >= 4 is 35.0 Å². The zero-order chi connectivity index (χ0) is 24.1. The lowest BCUT2D eigenvalue weighted by molar-refractivity contribution is -0.123. The average molecular weight is 480 g/mol. The summed E-state index contributed by atoms with van der Waals surface area (Å²) in [5.74, 6) is -0.396. The van der Waals surface area contributed by atoms with Crippen molar-refractivity contribution in [2.24, 2.45) is 0 Å². The number of benzene rings is 2. The summed E-state index contributed by atoms with van der Waals surface area (Å²) in [4.78, 5) is 38.3. The molecule has 174 valence electrons. The first-order chi connectivity index (χ1) is 16.5. The molecule has 8 heteroatoms. The van der Waals surface area contributed by atoms with Crippen molar-refractivity contribution in [3.05, 3.63) is 88.3 Å². The molecule has 0 saturated carbocycles. The van der Waals surface area contributed by atoms with E-state index in [9.17, 15) is 18.8 Å². The molecule has 1 aromatic heterocycles. The van der Waals surface area contributed by atoms with Crippen LogP contribution in [0.3, 0.4) is 0 Å². The van der Waals surface area contributed by atoms with Gasteiger partial charge in [-0.25, -0.2) is 9.18 Å². The summed E-state index contributed by atoms with van der Waals surface area (Å²) in [5, 5.41) is -0.465. The Kier molecular flexibility index (Phi) is 7.27. The summed E-state index contributed by atoms with van der Waals surface area (Å²) >= 11 is 0.785. The molecule has 34 heavy (non-hydrogen) atoms. The van der Waals surface area contributed by atoms with Crippen molar-refractivity contribution in [1.82, 2.24) is 4.90 Å². The van der Waals surface area contributed by atoms with Gasteiger partial charge in [0, 0.05) is 17.2 Å². The number of rotatable bonds is 8. The van der Waals surface area contributed by atoms with Gasteiger partial charge in [-0.15, -0.1) is 0 Å². The molecule has 2 amide bonds. The molecule has 1 aliphatic heterocycles. The molecule has 1 fully saturated rings. The molecule has 0 unspecified atom stereocenters. The van der Waals surface area contributed by atoms with Crippen molar-refractivity contribution < 1.29 is 27.9 Å². The van der Waals surface area contributed by atoms with E-state index < -0.39 is 17.0 Å². The maximum Gasteiger partial charge on any atom is 0.338 e. The Balaban J connectivity index is 1.44. The number of hydrogen-bond acceptors (Lipinski definition) is 6. The van der Waals surface area contributed by atoms with Gasteiger partial charge >= 0.3 is 5.97 Å². The van der Waals surface area contributed by atoms with Crippen molar-refractivity contribution in [3.8, 4) is 11.3 Å². The summed E-state index contributed by atoms with van der Waals surface area (Å²) < 4.78 is 25.0. The summed E-state index contributed by atoms with van der Waals surface area (Å²) in [6, 6.07) is 16.3. The third-order valence-corrected chi connectivity index (χ3v) is 6.10. The highest BCUT2D eigenvalue weighted by Gasteiger charge is 2.35. The van der Waals surface area contributed by atoms with E-state index in [0.29, 0.717) is 23.7 Å². The number of ether oxygens (including phenoxy) is 1. The van der Waals surface area contributed by atoms with Crippen LogP contribution in [0.1, 0.15) is 41.4 Å². The predicted octanol–water partition coefficient (Wildman–Crippen LogP) is 6.28. The van der Waals surface area contributed by atoms with E-state index in [2.05, 4.69) is 0 Å². The highest BCUT2D eigenvalue weighted by atomic mass is 32.2. The van der Waals surface area contributed by atoms with Crippen LogP contribution in [-0.4, -0.2) is 28.6 Å². The number of imide groups is 1. The van der Waals surface area contributed by atoms with E-state index in [-0.39, 0.29) is 23.0 Å². The standard InChI is InChI=1S/C26H22FNO5S/c1-2-3-14-32-25(30)18-10-8-17(9-11-18)22-13-12-20(33-22)15-23-24(29)28(26(31)34-23)16-19-6-4-5-7-21(19)27/h4-13,15H,2-3,14,16H2,1H3/b23-15+. The van der Waals surface area contributed by atoms with Gasteiger partial charge in [-0.05, 0) is 48.5 Å². The number of thioether (sulfide) groups is 1. The lowest BCUT2D eigenvalue weighted by Gasteiger charge is -2.12. The molecular formula is C26H22FNO5S. The van der Waals surface area contributed by atoms with Gasteiger partial charge in [0.2, 0.25) is 0 Å². The maximum atomic E-state index is 13.9. The van der Waals surface area contributed by atoms with Gasteiger partial charge in [0.1, 0.15) is 17.3 Å². The van der Waals surface area contributed by atoms with Gasteiger partial charge in [0.15, 0.2) is 0 Å². The Morgan fingerprint density at radius 2 is 1.85 bits per heavy atom. The Morgan fingerprint density at radius 3 is 2.59 bits per heavy atom. The topological polar surface area (TPSA) is 76.8 Å². The molecular weight excluding hydrogens is 457 g/mol. The monoisotopic (exact) mass is 479 g/mol. The molecule has 6 nitrogen and oxygen atoms in total. The lowest BCUT2D eigenvalue weighted by Crippen LogP contribution is -2.27. The summed E-state index contributed by atoms with van der Waals surface area (Å²) in [6.07, 6.45) is 3.27. The molecule has 1 saturated heterocycles. The largest absolute Gasteiger partial charge is 0.462 e. The van der Waals surface area contributed by atoms with Crippen molar-refractivity contribution in [2.45, 2.75) is 26.3 Å². The number of unbranched alkanes of at least 4 members (excludes halogenated alkanes) is 1. The fourth-order valence-electron chi connectivity index (χ4n) is 3.31.